The van der Waals surface area contributed by atoms with Gasteiger partial charge in [0.25, 0.3) is 0 Å². The van der Waals surface area contributed by atoms with Gasteiger partial charge in [0.05, 0.1) is 12.0 Å². The first-order valence-corrected chi connectivity index (χ1v) is 8.22. The van der Waals surface area contributed by atoms with Gasteiger partial charge in [-0.25, -0.2) is 4.99 Å². The molecule has 0 bridgehead atoms. The van der Waals surface area contributed by atoms with Gasteiger partial charge >= 0.3 is 0 Å². The predicted molar refractivity (Wildman–Crippen MR) is 103 cm³/mol. The van der Waals surface area contributed by atoms with E-state index in [4.69, 9.17) is 11.2 Å². The number of terminal acetylenes is 1. The number of aliphatic imine (C=N–C) groups is 1. The quantitative estimate of drug-likeness (QED) is 0.484. The molecule has 0 aliphatic carbocycles. The molecule has 25 heavy (non-hydrogen) atoms. The lowest BCUT2D eigenvalue weighted by Gasteiger charge is -2.13. The molecular formula is C21H24N2O2. The molecular weight excluding hydrogens is 312 g/mol. The second kappa shape index (κ2) is 8.36. The fourth-order valence-electron chi connectivity index (χ4n) is 2.24. The average Bonchev–Trinajstić information content (AvgIpc) is 2.62. The van der Waals surface area contributed by atoms with E-state index in [1.165, 1.54) is 0 Å². The van der Waals surface area contributed by atoms with Crippen molar-refractivity contribution >= 4 is 12.0 Å². The normalized spacial score (nSPS) is 12.0. The van der Waals surface area contributed by atoms with Crippen molar-refractivity contribution in [1.29, 1.82) is 0 Å². The first kappa shape index (κ1) is 18.6. The van der Waals surface area contributed by atoms with Crippen LogP contribution in [0.4, 0.5) is 5.69 Å². The Balaban J connectivity index is 2.25. The van der Waals surface area contributed by atoms with E-state index in [1.807, 2.05) is 56.4 Å². The predicted octanol–water partition coefficient (Wildman–Crippen LogP) is 4.37. The Bertz CT molecular complexity index is 806. The number of nitrogens with zero attached hydrogens (tertiary/aromatic N) is 2. The zero-order chi connectivity index (χ0) is 18.4. The molecule has 0 fully saturated rings. The largest absolute Gasteiger partial charge is 0.457 e. The minimum atomic E-state index is -0.932. The van der Waals surface area contributed by atoms with Crippen LogP contribution >= 0.6 is 0 Å². The molecule has 130 valence electrons. The lowest BCUT2D eigenvalue weighted by Crippen LogP contribution is -2.14. The van der Waals surface area contributed by atoms with E-state index < -0.39 is 6.10 Å². The van der Waals surface area contributed by atoms with Gasteiger partial charge in [-0.3, -0.25) is 0 Å². The number of aryl methyl sites for hydroxylation is 2. The number of ether oxygens (including phenoxy) is 1. The highest BCUT2D eigenvalue weighted by molar-refractivity contribution is 5.64. The van der Waals surface area contributed by atoms with Crippen molar-refractivity contribution in [3.63, 3.8) is 0 Å². The lowest BCUT2D eigenvalue weighted by molar-refractivity contribution is 0.238. The van der Waals surface area contributed by atoms with Crippen LogP contribution < -0.4 is 4.74 Å². The standard InChI is InChI=1S/C21H24N2O2/c1-6-20(24)17-9-8-10-18(13-17)25-21-12-15(3)19(11-16(21)4)22-14-23(5)7-2/h1,8-14,20,24H,7H2,2-5H3. The summed E-state index contributed by atoms with van der Waals surface area (Å²) in [4.78, 5) is 6.54. The van der Waals surface area contributed by atoms with Crippen molar-refractivity contribution < 1.29 is 9.84 Å². The Labute approximate surface area is 149 Å². The summed E-state index contributed by atoms with van der Waals surface area (Å²) in [5.74, 6) is 3.70. The zero-order valence-corrected chi connectivity index (χ0v) is 15.2. The van der Waals surface area contributed by atoms with Gasteiger partial charge in [-0.05, 0) is 61.7 Å². The summed E-state index contributed by atoms with van der Waals surface area (Å²) < 4.78 is 5.99. The molecule has 0 radical (unpaired) electrons. The second-order valence-corrected chi connectivity index (χ2v) is 5.97. The van der Waals surface area contributed by atoms with Crippen molar-refractivity contribution in [3.05, 3.63) is 53.1 Å². The highest BCUT2D eigenvalue weighted by atomic mass is 16.5. The number of aliphatic hydroxyl groups excluding tert-OH is 1. The van der Waals surface area contributed by atoms with Gasteiger partial charge in [0.1, 0.15) is 17.6 Å². The SMILES string of the molecule is C#CC(O)c1cccc(Oc2cc(C)c(N=CN(C)CC)cc2C)c1. The maximum Gasteiger partial charge on any atom is 0.140 e. The molecule has 0 aromatic heterocycles. The third kappa shape index (κ3) is 4.85. The van der Waals surface area contributed by atoms with E-state index >= 15 is 0 Å². The van der Waals surface area contributed by atoms with Crippen LogP contribution in [0, 0.1) is 26.2 Å². The maximum atomic E-state index is 9.77. The van der Waals surface area contributed by atoms with Crippen LogP contribution in [-0.4, -0.2) is 29.9 Å². The molecule has 0 saturated heterocycles. The van der Waals surface area contributed by atoms with E-state index in [2.05, 4.69) is 17.8 Å². The molecule has 1 unspecified atom stereocenters. The Hall–Kier alpha value is -2.77. The molecule has 0 spiro atoms. The highest BCUT2D eigenvalue weighted by Crippen LogP contribution is 2.32. The van der Waals surface area contributed by atoms with Gasteiger partial charge in [-0.15, -0.1) is 6.42 Å². The van der Waals surface area contributed by atoms with Gasteiger partial charge in [0.15, 0.2) is 0 Å². The number of benzene rings is 2. The van der Waals surface area contributed by atoms with Crippen molar-refractivity contribution in [2.75, 3.05) is 13.6 Å². The van der Waals surface area contributed by atoms with E-state index in [1.54, 1.807) is 12.1 Å². The van der Waals surface area contributed by atoms with Crippen LogP contribution in [-0.2, 0) is 0 Å². The number of rotatable bonds is 6. The zero-order valence-electron chi connectivity index (χ0n) is 15.2. The molecule has 0 amide bonds. The molecule has 0 heterocycles. The number of hydrogen-bond donors (Lipinski definition) is 1. The summed E-state index contributed by atoms with van der Waals surface area (Å²) >= 11 is 0. The molecule has 2 aromatic carbocycles. The van der Waals surface area contributed by atoms with Crippen molar-refractivity contribution in [2.24, 2.45) is 4.99 Å². The molecule has 0 saturated carbocycles. The smallest absolute Gasteiger partial charge is 0.140 e. The van der Waals surface area contributed by atoms with Gasteiger partial charge in [0, 0.05) is 13.6 Å². The number of hydrogen-bond acceptors (Lipinski definition) is 3. The Morgan fingerprint density at radius 1 is 1.28 bits per heavy atom. The average molecular weight is 336 g/mol. The molecule has 1 N–H and O–H groups in total. The van der Waals surface area contributed by atoms with Gasteiger partial charge in [0.2, 0.25) is 0 Å². The topological polar surface area (TPSA) is 45.1 Å². The molecule has 2 rings (SSSR count). The van der Waals surface area contributed by atoms with E-state index in [0.717, 1.165) is 29.1 Å². The van der Waals surface area contributed by atoms with Crippen molar-refractivity contribution in [1.82, 2.24) is 4.90 Å². The summed E-state index contributed by atoms with van der Waals surface area (Å²) in [6.07, 6.45) is 6.16. The van der Waals surface area contributed by atoms with Crippen LogP contribution in [0.5, 0.6) is 11.5 Å². The van der Waals surface area contributed by atoms with E-state index in [9.17, 15) is 5.11 Å². The highest BCUT2D eigenvalue weighted by Gasteiger charge is 2.09. The summed E-state index contributed by atoms with van der Waals surface area (Å²) in [5.41, 5.74) is 3.57. The number of aliphatic hydroxyl groups is 1. The molecule has 4 nitrogen and oxygen atoms in total. The second-order valence-electron chi connectivity index (χ2n) is 5.97. The summed E-state index contributed by atoms with van der Waals surface area (Å²) in [5, 5.41) is 9.77. The fourth-order valence-corrected chi connectivity index (χ4v) is 2.24. The lowest BCUT2D eigenvalue weighted by atomic mass is 10.1. The third-order valence-corrected chi connectivity index (χ3v) is 3.95. The van der Waals surface area contributed by atoms with Crippen LogP contribution in [0.3, 0.4) is 0 Å². The van der Waals surface area contributed by atoms with Crippen LogP contribution in [0.25, 0.3) is 0 Å². The van der Waals surface area contributed by atoms with Crippen LogP contribution in [0.1, 0.15) is 29.7 Å². The van der Waals surface area contributed by atoms with Gasteiger partial charge in [-0.2, -0.15) is 0 Å². The maximum absolute atomic E-state index is 9.77. The molecule has 0 aliphatic heterocycles. The molecule has 4 heteroatoms. The minimum Gasteiger partial charge on any atom is -0.457 e. The van der Waals surface area contributed by atoms with Crippen LogP contribution in [0.2, 0.25) is 0 Å². The summed E-state index contributed by atoms with van der Waals surface area (Å²) in [6.45, 7) is 6.97. The molecule has 1 atom stereocenters. The van der Waals surface area contributed by atoms with E-state index in [0.29, 0.717) is 11.3 Å². The monoisotopic (exact) mass is 336 g/mol. The van der Waals surface area contributed by atoms with Crippen molar-refractivity contribution in [2.45, 2.75) is 26.9 Å². The van der Waals surface area contributed by atoms with Gasteiger partial charge < -0.3 is 14.7 Å². The molecule has 0 aliphatic rings. The Morgan fingerprint density at radius 3 is 2.72 bits per heavy atom. The Kier molecular flexibility index (Phi) is 6.21. The minimum absolute atomic E-state index is 0.635. The third-order valence-electron chi connectivity index (χ3n) is 3.95. The first-order chi connectivity index (χ1) is 11.9. The first-order valence-electron chi connectivity index (χ1n) is 8.22. The van der Waals surface area contributed by atoms with Crippen molar-refractivity contribution in [3.8, 4) is 23.8 Å². The Morgan fingerprint density at radius 2 is 2.04 bits per heavy atom. The molecule has 2 aromatic rings. The van der Waals surface area contributed by atoms with E-state index in [-0.39, 0.29) is 0 Å². The van der Waals surface area contributed by atoms with Crippen LogP contribution in [0.15, 0.2) is 41.4 Å². The van der Waals surface area contributed by atoms with Gasteiger partial charge in [-0.1, -0.05) is 18.1 Å². The summed E-state index contributed by atoms with van der Waals surface area (Å²) in [6, 6.07) is 11.2. The summed E-state index contributed by atoms with van der Waals surface area (Å²) in [7, 11) is 1.99. The fraction of sp³-hybridized carbons (Fsp3) is 0.286.